The quantitative estimate of drug-likeness (QED) is 0.176. The van der Waals surface area contributed by atoms with Gasteiger partial charge in [0.2, 0.25) is 10.0 Å². The van der Waals surface area contributed by atoms with Gasteiger partial charge < -0.3 is 9.67 Å². The van der Waals surface area contributed by atoms with Gasteiger partial charge in [-0.1, -0.05) is 77.8 Å². The second-order valence-electron chi connectivity index (χ2n) is 9.65. The minimum Gasteiger partial charge on any atom is -0.478 e. The molecule has 212 valence electrons. The van der Waals surface area contributed by atoms with Crippen molar-refractivity contribution in [3.8, 4) is 22.4 Å². The Bertz CT molecular complexity index is 1900. The highest BCUT2D eigenvalue weighted by molar-refractivity contribution is 7.92. The number of hydrogen-bond donors (Lipinski definition) is 2. The second kappa shape index (κ2) is 12.2. The molecule has 7 nitrogen and oxygen atoms in total. The van der Waals surface area contributed by atoms with Crippen molar-refractivity contribution in [2.45, 2.75) is 6.54 Å². The molecule has 0 aliphatic rings. The summed E-state index contributed by atoms with van der Waals surface area (Å²) in [5, 5.41) is 10.3. The second-order valence-corrected chi connectivity index (χ2v) is 12.2. The predicted octanol–water partition coefficient (Wildman–Crippen LogP) is 7.81. The van der Waals surface area contributed by atoms with Crippen molar-refractivity contribution < 1.29 is 18.3 Å². The molecule has 0 atom stereocenters. The predicted molar refractivity (Wildman–Crippen MR) is 169 cm³/mol. The van der Waals surface area contributed by atoms with Gasteiger partial charge in [0.1, 0.15) is 5.82 Å². The molecule has 0 unspecified atom stereocenters. The van der Waals surface area contributed by atoms with Gasteiger partial charge in [-0.25, -0.2) is 18.2 Å². The van der Waals surface area contributed by atoms with E-state index in [0.29, 0.717) is 33.8 Å². The normalized spacial score (nSPS) is 11.6. The number of rotatable bonds is 9. The zero-order valence-electron chi connectivity index (χ0n) is 22.3. The van der Waals surface area contributed by atoms with Gasteiger partial charge >= 0.3 is 5.97 Å². The monoisotopic (exact) mass is 617 g/mol. The van der Waals surface area contributed by atoms with Crippen molar-refractivity contribution in [2.24, 2.45) is 0 Å². The SMILES string of the molecule is CS(=O)(=O)Nc1ccc(Cn2cc(-c3ccc(Cl)cc3Cl)nc2C=Cc2ccc(-c3cccc(C(=O)O)c3)cc2)cc1. The number of carboxylic acids is 1. The summed E-state index contributed by atoms with van der Waals surface area (Å²) in [6, 6.07) is 27.0. The molecule has 0 amide bonds. The van der Waals surface area contributed by atoms with Crippen molar-refractivity contribution >= 4 is 57.0 Å². The molecule has 5 rings (SSSR count). The molecule has 0 saturated heterocycles. The third-order valence-corrected chi connectivity index (χ3v) is 7.56. The number of hydrogen-bond acceptors (Lipinski definition) is 4. The maximum atomic E-state index is 11.6. The van der Waals surface area contributed by atoms with Gasteiger partial charge in [-0.15, -0.1) is 0 Å². The van der Waals surface area contributed by atoms with Crippen molar-refractivity contribution in [2.75, 3.05) is 11.0 Å². The lowest BCUT2D eigenvalue weighted by molar-refractivity contribution is 0.0697. The van der Waals surface area contributed by atoms with Gasteiger partial charge in [0, 0.05) is 29.0 Å². The van der Waals surface area contributed by atoms with E-state index in [1.165, 1.54) is 0 Å². The van der Waals surface area contributed by atoms with E-state index in [2.05, 4.69) is 4.72 Å². The number of nitrogens with one attached hydrogen (secondary N) is 1. The first-order valence-electron chi connectivity index (χ1n) is 12.8. The molecule has 4 aromatic carbocycles. The Morgan fingerprint density at radius 2 is 1.67 bits per heavy atom. The first-order valence-corrected chi connectivity index (χ1v) is 15.4. The number of aromatic nitrogens is 2. The number of aromatic carboxylic acids is 1. The summed E-state index contributed by atoms with van der Waals surface area (Å²) in [5.74, 6) is -0.278. The molecule has 0 bridgehead atoms. The van der Waals surface area contributed by atoms with Crippen molar-refractivity contribution in [3.05, 3.63) is 130 Å². The largest absolute Gasteiger partial charge is 0.478 e. The molecule has 0 aliphatic heterocycles. The Hall–Kier alpha value is -4.37. The fraction of sp³-hybridized carbons (Fsp3) is 0.0625. The lowest BCUT2D eigenvalue weighted by atomic mass is 10.0. The zero-order chi connectivity index (χ0) is 29.9. The van der Waals surface area contributed by atoms with Crippen LogP contribution in [0.5, 0.6) is 0 Å². The van der Waals surface area contributed by atoms with Gasteiger partial charge in [0.05, 0.1) is 22.5 Å². The standard InChI is InChI=1S/C32H25Cl2N3O4S/c1-42(40,41)36-27-13-7-22(8-14-27)19-37-20-30(28-15-12-26(33)18-29(28)34)35-31(37)16-9-21-5-10-23(11-6-21)24-3-2-4-25(17-24)32(38)39/h2-18,20,36H,19H2,1H3,(H,38,39). The van der Waals surface area contributed by atoms with E-state index >= 15 is 0 Å². The molecule has 10 heteroatoms. The molecule has 0 spiro atoms. The first-order chi connectivity index (χ1) is 20.0. The molecule has 5 aromatic rings. The third kappa shape index (κ3) is 7.28. The maximum Gasteiger partial charge on any atom is 0.335 e. The maximum absolute atomic E-state index is 11.6. The molecule has 42 heavy (non-hydrogen) atoms. The van der Waals surface area contributed by atoms with Crippen LogP contribution in [0.2, 0.25) is 10.0 Å². The Morgan fingerprint density at radius 1 is 0.929 bits per heavy atom. The zero-order valence-corrected chi connectivity index (χ0v) is 24.7. The van der Waals surface area contributed by atoms with E-state index < -0.39 is 16.0 Å². The number of halogens is 2. The topological polar surface area (TPSA) is 101 Å². The number of carbonyl (C=O) groups is 1. The summed E-state index contributed by atoms with van der Waals surface area (Å²) >= 11 is 12.6. The van der Waals surface area contributed by atoms with Gasteiger partial charge in [0.15, 0.2) is 0 Å². The van der Waals surface area contributed by atoms with Crippen LogP contribution < -0.4 is 4.72 Å². The van der Waals surface area contributed by atoms with Gasteiger partial charge in [-0.05, 0) is 70.8 Å². The van der Waals surface area contributed by atoms with E-state index in [4.69, 9.17) is 28.2 Å². The molecule has 0 aliphatic carbocycles. The highest BCUT2D eigenvalue weighted by atomic mass is 35.5. The number of carboxylic acid groups (broad SMARTS) is 1. The lowest BCUT2D eigenvalue weighted by Gasteiger charge is -2.08. The molecular weight excluding hydrogens is 593 g/mol. The molecular formula is C32H25Cl2N3O4S. The average Bonchev–Trinajstić information content (AvgIpc) is 3.34. The van der Waals surface area contributed by atoms with Crippen LogP contribution >= 0.6 is 23.2 Å². The fourth-order valence-corrected chi connectivity index (χ4v) is 5.46. The Labute approximate surface area is 253 Å². The Balaban J connectivity index is 1.43. The van der Waals surface area contributed by atoms with E-state index in [1.54, 1.807) is 42.5 Å². The smallest absolute Gasteiger partial charge is 0.335 e. The van der Waals surface area contributed by atoms with Crippen LogP contribution in [0.15, 0.2) is 97.2 Å². The van der Waals surface area contributed by atoms with E-state index in [1.807, 2.05) is 71.4 Å². The van der Waals surface area contributed by atoms with E-state index in [-0.39, 0.29) is 5.56 Å². The molecule has 0 saturated carbocycles. The number of imidazole rings is 1. The molecule has 1 aromatic heterocycles. The number of nitrogens with zero attached hydrogens (tertiary/aromatic N) is 2. The summed E-state index contributed by atoms with van der Waals surface area (Å²) in [5.41, 5.74) is 5.76. The van der Waals surface area contributed by atoms with E-state index in [0.717, 1.165) is 34.1 Å². The molecule has 2 N–H and O–H groups in total. The van der Waals surface area contributed by atoms with Crippen LogP contribution in [0, 0.1) is 0 Å². The number of benzene rings is 4. The Morgan fingerprint density at radius 3 is 2.33 bits per heavy atom. The highest BCUT2D eigenvalue weighted by Gasteiger charge is 2.12. The molecule has 0 fully saturated rings. The number of sulfonamides is 1. The highest BCUT2D eigenvalue weighted by Crippen LogP contribution is 2.31. The van der Waals surface area contributed by atoms with Crippen molar-refractivity contribution in [3.63, 3.8) is 0 Å². The Kier molecular flexibility index (Phi) is 8.49. The summed E-state index contributed by atoms with van der Waals surface area (Å²) in [6.07, 6.45) is 6.88. The summed E-state index contributed by atoms with van der Waals surface area (Å²) < 4.78 is 27.6. The van der Waals surface area contributed by atoms with E-state index in [9.17, 15) is 18.3 Å². The summed E-state index contributed by atoms with van der Waals surface area (Å²) in [4.78, 5) is 16.2. The summed E-state index contributed by atoms with van der Waals surface area (Å²) in [7, 11) is -3.37. The van der Waals surface area contributed by atoms with Gasteiger partial charge in [-0.3, -0.25) is 4.72 Å². The van der Waals surface area contributed by atoms with Crippen LogP contribution in [-0.4, -0.2) is 35.3 Å². The fourth-order valence-electron chi connectivity index (χ4n) is 4.40. The summed E-state index contributed by atoms with van der Waals surface area (Å²) in [6.45, 7) is 0.482. The lowest BCUT2D eigenvalue weighted by Crippen LogP contribution is -2.09. The van der Waals surface area contributed by atoms with Crippen molar-refractivity contribution in [1.82, 2.24) is 9.55 Å². The van der Waals surface area contributed by atoms with Crippen LogP contribution in [0.1, 0.15) is 27.3 Å². The molecule has 0 radical (unpaired) electrons. The number of anilines is 1. The first kappa shape index (κ1) is 29.1. The van der Waals surface area contributed by atoms with Crippen LogP contribution in [0.3, 0.4) is 0 Å². The van der Waals surface area contributed by atoms with Crippen LogP contribution in [0.4, 0.5) is 5.69 Å². The van der Waals surface area contributed by atoms with Crippen molar-refractivity contribution in [1.29, 1.82) is 0 Å². The van der Waals surface area contributed by atoms with Gasteiger partial charge in [-0.2, -0.15) is 0 Å². The van der Waals surface area contributed by atoms with Crippen LogP contribution in [0.25, 0.3) is 34.5 Å². The molecule has 1 heterocycles. The average molecular weight is 619 g/mol. The van der Waals surface area contributed by atoms with Crippen LogP contribution in [-0.2, 0) is 16.6 Å². The third-order valence-electron chi connectivity index (χ3n) is 6.40. The minimum absolute atomic E-state index is 0.237. The van der Waals surface area contributed by atoms with Gasteiger partial charge in [0.25, 0.3) is 0 Å². The minimum atomic E-state index is -3.37.